The standard InChI is InChI=1S/C18H17F3N8O/c19-18(20,21)9-26-17(30)28-6-2-10(8-28)29-13-11-1-3-22-14(11)25-7-12(13)27-16(29)15-23-4-5-24-15/h1,3-5,7,10H,2,6,8-9H2,(H,22,25)(H,23,24)(H,26,30)/t10-/m0/s1. The molecule has 1 aliphatic rings. The number of nitrogens with zero attached hydrogens (tertiary/aromatic N) is 5. The van der Waals surface area contributed by atoms with Gasteiger partial charge in [-0.3, -0.25) is 0 Å². The molecule has 12 heteroatoms. The minimum atomic E-state index is -4.45. The van der Waals surface area contributed by atoms with Crippen LogP contribution in [0.4, 0.5) is 18.0 Å². The Bertz CT molecular complexity index is 1210. The number of carbonyl (C=O) groups is 1. The van der Waals surface area contributed by atoms with Gasteiger partial charge in [0.15, 0.2) is 11.6 Å². The Morgan fingerprint density at radius 2 is 2.13 bits per heavy atom. The lowest BCUT2D eigenvalue weighted by Crippen LogP contribution is -2.42. The van der Waals surface area contributed by atoms with Crippen molar-refractivity contribution in [2.75, 3.05) is 19.6 Å². The van der Waals surface area contributed by atoms with Crippen LogP contribution < -0.4 is 5.32 Å². The lowest BCUT2D eigenvalue weighted by atomic mass is 10.2. The second-order valence-corrected chi connectivity index (χ2v) is 7.14. The van der Waals surface area contributed by atoms with Crippen molar-refractivity contribution in [1.29, 1.82) is 0 Å². The molecular weight excluding hydrogens is 401 g/mol. The average molecular weight is 418 g/mol. The molecule has 3 N–H and O–H groups in total. The third kappa shape index (κ3) is 3.13. The molecule has 5 heterocycles. The number of urea groups is 1. The van der Waals surface area contributed by atoms with Crippen molar-refractivity contribution in [3.63, 3.8) is 0 Å². The Balaban J connectivity index is 1.53. The van der Waals surface area contributed by atoms with E-state index < -0.39 is 18.8 Å². The zero-order valence-electron chi connectivity index (χ0n) is 15.6. The van der Waals surface area contributed by atoms with Gasteiger partial charge in [-0.2, -0.15) is 13.2 Å². The Kier molecular flexibility index (Phi) is 4.15. The molecule has 156 valence electrons. The number of rotatable bonds is 3. The number of aromatic amines is 2. The molecule has 5 rings (SSSR count). The number of fused-ring (bicyclic) bond motifs is 3. The molecule has 9 nitrogen and oxygen atoms in total. The molecule has 0 bridgehead atoms. The highest BCUT2D eigenvalue weighted by atomic mass is 19.4. The first-order valence-corrected chi connectivity index (χ1v) is 9.34. The van der Waals surface area contributed by atoms with Gasteiger partial charge in [-0.1, -0.05) is 0 Å². The van der Waals surface area contributed by atoms with Gasteiger partial charge in [-0.05, 0) is 12.5 Å². The van der Waals surface area contributed by atoms with Crippen molar-refractivity contribution in [2.45, 2.75) is 18.6 Å². The monoisotopic (exact) mass is 418 g/mol. The first-order valence-electron chi connectivity index (χ1n) is 9.34. The summed E-state index contributed by atoms with van der Waals surface area (Å²) in [6, 6.07) is 0.997. The van der Waals surface area contributed by atoms with E-state index in [1.807, 2.05) is 16.0 Å². The summed E-state index contributed by atoms with van der Waals surface area (Å²) in [6.07, 6.45) is 2.89. The third-order valence-corrected chi connectivity index (χ3v) is 5.20. The Morgan fingerprint density at radius 3 is 2.90 bits per heavy atom. The normalized spacial score (nSPS) is 17.3. The van der Waals surface area contributed by atoms with Gasteiger partial charge in [0.1, 0.15) is 17.7 Å². The predicted molar refractivity (Wildman–Crippen MR) is 102 cm³/mol. The van der Waals surface area contributed by atoms with Crippen molar-refractivity contribution >= 4 is 28.1 Å². The molecule has 30 heavy (non-hydrogen) atoms. The molecular formula is C18H17F3N8O. The molecule has 1 aliphatic heterocycles. The van der Waals surface area contributed by atoms with Crippen LogP contribution in [-0.2, 0) is 0 Å². The smallest absolute Gasteiger partial charge is 0.346 e. The predicted octanol–water partition coefficient (Wildman–Crippen LogP) is 2.82. The van der Waals surface area contributed by atoms with Gasteiger partial charge in [-0.15, -0.1) is 0 Å². The van der Waals surface area contributed by atoms with E-state index in [1.165, 1.54) is 4.90 Å². The zero-order valence-corrected chi connectivity index (χ0v) is 15.6. The molecule has 1 fully saturated rings. The number of nitrogens with one attached hydrogen (secondary N) is 3. The molecule has 4 aromatic heterocycles. The van der Waals surface area contributed by atoms with Crippen LogP contribution in [0.5, 0.6) is 0 Å². The first kappa shape index (κ1) is 18.5. The number of pyridine rings is 1. The highest BCUT2D eigenvalue weighted by molar-refractivity contribution is 6.02. The summed E-state index contributed by atoms with van der Waals surface area (Å²) in [4.78, 5) is 33.1. The Labute approximate surface area is 167 Å². The number of carbonyl (C=O) groups excluding carboxylic acids is 1. The van der Waals surface area contributed by atoms with E-state index in [9.17, 15) is 18.0 Å². The number of alkyl halides is 3. The molecule has 0 radical (unpaired) electrons. The van der Waals surface area contributed by atoms with Crippen molar-refractivity contribution < 1.29 is 18.0 Å². The maximum Gasteiger partial charge on any atom is 0.405 e. The Hall–Kier alpha value is -3.57. The van der Waals surface area contributed by atoms with Crippen LogP contribution in [0.2, 0.25) is 0 Å². The number of halogens is 3. The lowest BCUT2D eigenvalue weighted by molar-refractivity contribution is -0.123. The molecule has 0 unspecified atom stereocenters. The van der Waals surface area contributed by atoms with E-state index >= 15 is 0 Å². The van der Waals surface area contributed by atoms with Gasteiger partial charge >= 0.3 is 12.2 Å². The second-order valence-electron chi connectivity index (χ2n) is 7.14. The number of hydrogen-bond donors (Lipinski definition) is 3. The van der Waals surface area contributed by atoms with Crippen LogP contribution in [0, 0.1) is 0 Å². The number of likely N-dealkylation sites (tertiary alicyclic amines) is 1. The summed E-state index contributed by atoms with van der Waals surface area (Å²) in [5.74, 6) is 1.16. The number of hydrogen-bond acceptors (Lipinski definition) is 4. The van der Waals surface area contributed by atoms with E-state index in [-0.39, 0.29) is 12.6 Å². The topological polar surface area (TPSA) is 108 Å². The molecule has 1 atom stereocenters. The van der Waals surface area contributed by atoms with Crippen LogP contribution in [-0.4, -0.2) is 66.2 Å². The van der Waals surface area contributed by atoms with Crippen LogP contribution in [0.15, 0.2) is 30.9 Å². The molecule has 0 aromatic carbocycles. The van der Waals surface area contributed by atoms with E-state index in [0.29, 0.717) is 35.8 Å². The van der Waals surface area contributed by atoms with E-state index in [0.717, 1.165) is 10.9 Å². The number of aromatic nitrogens is 6. The number of imidazole rings is 2. The molecule has 2 amide bonds. The van der Waals surface area contributed by atoms with Crippen LogP contribution >= 0.6 is 0 Å². The quantitative estimate of drug-likeness (QED) is 0.476. The van der Waals surface area contributed by atoms with Gasteiger partial charge in [-0.25, -0.2) is 19.7 Å². The van der Waals surface area contributed by atoms with Crippen molar-refractivity contribution in [3.8, 4) is 11.6 Å². The highest BCUT2D eigenvalue weighted by Gasteiger charge is 2.34. The molecule has 0 aliphatic carbocycles. The highest BCUT2D eigenvalue weighted by Crippen LogP contribution is 2.34. The number of amides is 2. The van der Waals surface area contributed by atoms with Crippen molar-refractivity contribution in [3.05, 3.63) is 30.9 Å². The van der Waals surface area contributed by atoms with Gasteiger partial charge in [0.25, 0.3) is 0 Å². The van der Waals surface area contributed by atoms with Crippen LogP contribution in [0.25, 0.3) is 33.7 Å². The largest absolute Gasteiger partial charge is 0.405 e. The Morgan fingerprint density at radius 1 is 1.27 bits per heavy atom. The first-order chi connectivity index (χ1) is 14.4. The van der Waals surface area contributed by atoms with Crippen LogP contribution in [0.1, 0.15) is 12.5 Å². The maximum atomic E-state index is 12.4. The van der Waals surface area contributed by atoms with Crippen LogP contribution in [0.3, 0.4) is 0 Å². The van der Waals surface area contributed by atoms with E-state index in [4.69, 9.17) is 4.98 Å². The fourth-order valence-corrected chi connectivity index (χ4v) is 3.93. The summed E-state index contributed by atoms with van der Waals surface area (Å²) in [7, 11) is 0. The van der Waals surface area contributed by atoms with Gasteiger partial charge < -0.3 is 24.8 Å². The summed E-state index contributed by atoms with van der Waals surface area (Å²) in [6.45, 7) is -0.752. The maximum absolute atomic E-state index is 12.4. The van der Waals surface area contributed by atoms with Crippen molar-refractivity contribution in [1.82, 2.24) is 39.7 Å². The summed E-state index contributed by atoms with van der Waals surface area (Å²) < 4.78 is 39.3. The zero-order chi connectivity index (χ0) is 20.9. The number of H-pyrrole nitrogens is 2. The minimum absolute atomic E-state index is 0.174. The van der Waals surface area contributed by atoms with Gasteiger partial charge in [0.2, 0.25) is 0 Å². The molecule has 4 aromatic rings. The van der Waals surface area contributed by atoms with Crippen molar-refractivity contribution in [2.24, 2.45) is 0 Å². The SMILES string of the molecule is O=C(NCC(F)(F)F)N1CC[C@H](n2c(-c3ncc[nH]3)nc3cnc4[nH]ccc4c32)C1. The molecule has 0 spiro atoms. The fraction of sp³-hybridized carbons (Fsp3) is 0.333. The summed E-state index contributed by atoms with van der Waals surface area (Å²) in [5.41, 5.74) is 2.22. The lowest BCUT2D eigenvalue weighted by Gasteiger charge is -2.20. The average Bonchev–Trinajstić information content (AvgIpc) is 3.49. The third-order valence-electron chi connectivity index (χ3n) is 5.20. The minimum Gasteiger partial charge on any atom is -0.346 e. The van der Waals surface area contributed by atoms with E-state index in [2.05, 4.69) is 19.9 Å². The van der Waals surface area contributed by atoms with Gasteiger partial charge in [0, 0.05) is 37.1 Å². The van der Waals surface area contributed by atoms with Gasteiger partial charge in [0.05, 0.1) is 17.8 Å². The second kappa shape index (κ2) is 6.75. The van der Waals surface area contributed by atoms with E-state index in [1.54, 1.807) is 24.8 Å². The fourth-order valence-electron chi connectivity index (χ4n) is 3.93. The summed E-state index contributed by atoms with van der Waals surface area (Å²) >= 11 is 0. The molecule has 0 saturated carbocycles. The summed E-state index contributed by atoms with van der Waals surface area (Å²) in [5, 5.41) is 2.81. The molecule has 1 saturated heterocycles.